The van der Waals surface area contributed by atoms with Crippen LogP contribution in [0.4, 0.5) is 0 Å². The van der Waals surface area contributed by atoms with Crippen molar-refractivity contribution in [2.24, 2.45) is 10.4 Å². The Labute approximate surface area is 164 Å². The zero-order valence-electron chi connectivity index (χ0n) is 15.4. The Bertz CT molecular complexity index is 378. The van der Waals surface area contributed by atoms with E-state index in [9.17, 15) is 5.11 Å². The number of ether oxygens (including phenoxy) is 1. The van der Waals surface area contributed by atoms with Gasteiger partial charge in [-0.25, -0.2) is 0 Å². The molecule has 0 aromatic heterocycles. The van der Waals surface area contributed by atoms with Gasteiger partial charge in [-0.3, -0.25) is 4.99 Å². The molecule has 24 heavy (non-hydrogen) atoms. The molecule has 0 saturated heterocycles. The predicted molar refractivity (Wildman–Crippen MR) is 110 cm³/mol. The first-order valence-corrected chi connectivity index (χ1v) is 9.35. The van der Waals surface area contributed by atoms with Gasteiger partial charge in [0.05, 0.1) is 5.60 Å². The number of rotatable bonds is 8. The van der Waals surface area contributed by atoms with E-state index in [2.05, 4.69) is 17.6 Å². The number of aliphatic hydroxyl groups is 1. The molecule has 5 nitrogen and oxygen atoms in total. The molecule has 0 aliphatic heterocycles. The molecule has 2 aliphatic carbocycles. The summed E-state index contributed by atoms with van der Waals surface area (Å²) in [5.41, 5.74) is -0.236. The van der Waals surface area contributed by atoms with Crippen molar-refractivity contribution >= 4 is 29.9 Å². The van der Waals surface area contributed by atoms with Gasteiger partial charge in [-0.1, -0.05) is 25.7 Å². The van der Waals surface area contributed by atoms with Crippen molar-refractivity contribution in [1.82, 2.24) is 10.6 Å². The van der Waals surface area contributed by atoms with Gasteiger partial charge in [0, 0.05) is 33.4 Å². The number of nitrogens with one attached hydrogen (secondary N) is 2. The number of hydrogen-bond donors (Lipinski definition) is 3. The summed E-state index contributed by atoms with van der Waals surface area (Å²) in [5, 5.41) is 17.2. The summed E-state index contributed by atoms with van der Waals surface area (Å²) in [4.78, 5) is 4.84. The van der Waals surface area contributed by atoms with Crippen LogP contribution in [0.1, 0.15) is 64.7 Å². The van der Waals surface area contributed by atoms with Gasteiger partial charge in [-0.2, -0.15) is 0 Å². The van der Waals surface area contributed by atoms with E-state index in [1.165, 1.54) is 25.7 Å². The van der Waals surface area contributed by atoms with Gasteiger partial charge in [0.1, 0.15) is 0 Å². The van der Waals surface area contributed by atoms with Gasteiger partial charge in [-0.05, 0) is 44.4 Å². The lowest BCUT2D eigenvalue weighted by molar-refractivity contribution is 0.0521. The Morgan fingerprint density at radius 3 is 2.29 bits per heavy atom. The average Bonchev–Trinajstić information content (AvgIpc) is 3.19. The fraction of sp³-hybridized carbons (Fsp3) is 0.944. The molecule has 2 rings (SSSR count). The van der Waals surface area contributed by atoms with Crippen LogP contribution in [0.3, 0.4) is 0 Å². The number of halogens is 1. The summed E-state index contributed by atoms with van der Waals surface area (Å²) in [6.45, 7) is 5.19. The van der Waals surface area contributed by atoms with Gasteiger partial charge in [0.25, 0.3) is 0 Å². The van der Waals surface area contributed by atoms with Crippen LogP contribution in [0, 0.1) is 5.41 Å². The van der Waals surface area contributed by atoms with Crippen molar-refractivity contribution in [3.05, 3.63) is 0 Å². The summed E-state index contributed by atoms with van der Waals surface area (Å²) in [6.07, 6.45) is 10.3. The van der Waals surface area contributed by atoms with Gasteiger partial charge in [0.2, 0.25) is 0 Å². The van der Waals surface area contributed by atoms with Crippen LogP contribution in [0.15, 0.2) is 4.99 Å². The van der Waals surface area contributed by atoms with E-state index in [0.717, 1.165) is 57.8 Å². The summed E-state index contributed by atoms with van der Waals surface area (Å²) in [5.74, 6) is 0.844. The zero-order valence-corrected chi connectivity index (χ0v) is 17.7. The minimum Gasteiger partial charge on any atom is -0.388 e. The van der Waals surface area contributed by atoms with Gasteiger partial charge in [-0.15, -0.1) is 24.0 Å². The van der Waals surface area contributed by atoms with Crippen LogP contribution in [-0.4, -0.2) is 50.0 Å². The highest BCUT2D eigenvalue weighted by Crippen LogP contribution is 2.41. The number of aliphatic imine (C=N–C) groups is 1. The molecule has 0 bridgehead atoms. The smallest absolute Gasteiger partial charge is 0.191 e. The third-order valence-corrected chi connectivity index (χ3v) is 5.54. The molecule has 0 radical (unpaired) electrons. The van der Waals surface area contributed by atoms with Crippen molar-refractivity contribution in [2.75, 3.05) is 33.4 Å². The summed E-state index contributed by atoms with van der Waals surface area (Å²) in [7, 11) is 1.78. The summed E-state index contributed by atoms with van der Waals surface area (Å²) < 4.78 is 5.30. The fourth-order valence-corrected chi connectivity index (χ4v) is 3.98. The van der Waals surface area contributed by atoms with Crippen LogP contribution in [-0.2, 0) is 4.74 Å². The Kier molecular flexibility index (Phi) is 9.89. The number of nitrogens with zero attached hydrogens (tertiary/aromatic N) is 1. The van der Waals surface area contributed by atoms with Crippen LogP contribution >= 0.6 is 24.0 Å². The minimum atomic E-state index is -0.544. The second-order valence-corrected chi connectivity index (χ2v) is 7.43. The van der Waals surface area contributed by atoms with E-state index in [-0.39, 0.29) is 24.0 Å². The molecule has 2 fully saturated rings. The van der Waals surface area contributed by atoms with Crippen molar-refractivity contribution in [3.8, 4) is 0 Å². The van der Waals surface area contributed by atoms with Crippen molar-refractivity contribution in [3.63, 3.8) is 0 Å². The maximum absolute atomic E-state index is 10.5. The van der Waals surface area contributed by atoms with Gasteiger partial charge < -0.3 is 20.5 Å². The first-order chi connectivity index (χ1) is 11.1. The average molecular weight is 453 g/mol. The highest BCUT2D eigenvalue weighted by atomic mass is 127. The Morgan fingerprint density at radius 1 is 1.08 bits per heavy atom. The third-order valence-electron chi connectivity index (χ3n) is 5.54. The Morgan fingerprint density at radius 2 is 1.71 bits per heavy atom. The van der Waals surface area contributed by atoms with Crippen LogP contribution in [0.2, 0.25) is 0 Å². The molecule has 2 saturated carbocycles. The minimum absolute atomic E-state index is 0. The normalized spacial score (nSPS) is 22.2. The van der Waals surface area contributed by atoms with Gasteiger partial charge in [0.15, 0.2) is 5.96 Å². The predicted octanol–water partition coefficient (Wildman–Crippen LogP) is 3.06. The quantitative estimate of drug-likeness (QED) is 0.300. The van der Waals surface area contributed by atoms with E-state index in [4.69, 9.17) is 9.73 Å². The van der Waals surface area contributed by atoms with E-state index >= 15 is 0 Å². The molecule has 0 unspecified atom stereocenters. The Balaban J connectivity index is 0.00000288. The number of hydrogen-bond acceptors (Lipinski definition) is 3. The van der Waals surface area contributed by atoms with E-state index in [1.54, 1.807) is 7.11 Å². The molecule has 2 aliphatic rings. The number of methoxy groups -OCH3 is 1. The van der Waals surface area contributed by atoms with Crippen molar-refractivity contribution in [1.29, 1.82) is 0 Å². The zero-order chi connectivity index (χ0) is 16.6. The molecular formula is C18H36IN3O2. The van der Waals surface area contributed by atoms with E-state index in [1.807, 2.05) is 0 Å². The van der Waals surface area contributed by atoms with Gasteiger partial charge >= 0.3 is 0 Å². The molecule has 0 aromatic rings. The van der Waals surface area contributed by atoms with E-state index in [0.29, 0.717) is 12.0 Å². The van der Waals surface area contributed by atoms with Crippen LogP contribution < -0.4 is 10.6 Å². The highest BCUT2D eigenvalue weighted by molar-refractivity contribution is 14.0. The first-order valence-electron chi connectivity index (χ1n) is 9.35. The SMILES string of the molecule is CCNC(=NCC1(CCOC)CCCC1)NCC1(O)CCCC1.I. The van der Waals surface area contributed by atoms with E-state index < -0.39 is 5.60 Å². The molecular weight excluding hydrogens is 417 g/mol. The fourth-order valence-electron chi connectivity index (χ4n) is 3.98. The van der Waals surface area contributed by atoms with Crippen molar-refractivity contribution in [2.45, 2.75) is 70.3 Å². The molecule has 0 aromatic carbocycles. The monoisotopic (exact) mass is 453 g/mol. The lowest BCUT2D eigenvalue weighted by Crippen LogP contribution is -2.46. The first kappa shape index (κ1) is 22.0. The topological polar surface area (TPSA) is 65.9 Å². The maximum atomic E-state index is 10.5. The molecule has 0 spiro atoms. The lowest BCUT2D eigenvalue weighted by Gasteiger charge is -2.28. The molecule has 3 N–H and O–H groups in total. The number of guanidine groups is 1. The second kappa shape index (κ2) is 10.8. The molecule has 6 heteroatoms. The van der Waals surface area contributed by atoms with Crippen molar-refractivity contribution < 1.29 is 9.84 Å². The van der Waals surface area contributed by atoms with Crippen LogP contribution in [0.25, 0.3) is 0 Å². The maximum Gasteiger partial charge on any atom is 0.191 e. The lowest BCUT2D eigenvalue weighted by atomic mass is 9.83. The molecule has 142 valence electrons. The summed E-state index contributed by atoms with van der Waals surface area (Å²) >= 11 is 0. The molecule has 0 amide bonds. The highest BCUT2D eigenvalue weighted by Gasteiger charge is 2.34. The second-order valence-electron chi connectivity index (χ2n) is 7.43. The summed E-state index contributed by atoms with van der Waals surface area (Å²) in [6, 6.07) is 0. The third kappa shape index (κ3) is 6.67. The largest absolute Gasteiger partial charge is 0.388 e. The Hall–Kier alpha value is -0.0800. The molecule has 0 atom stereocenters. The molecule has 0 heterocycles. The standard InChI is InChI=1S/C18H35N3O2.HI/c1-3-19-16(21-15-18(22)10-6-7-11-18)20-14-17(12-13-23-2)8-4-5-9-17;/h22H,3-15H2,1-2H3,(H2,19,20,21);1H. The van der Waals surface area contributed by atoms with Crippen LogP contribution in [0.5, 0.6) is 0 Å².